The Morgan fingerprint density at radius 2 is 2.08 bits per heavy atom. The van der Waals surface area contributed by atoms with Crippen molar-refractivity contribution in [1.82, 2.24) is 0 Å². The van der Waals surface area contributed by atoms with E-state index in [1.165, 1.54) is 21.0 Å². The number of alkyl halides is 2. The molecule has 1 atom stereocenters. The summed E-state index contributed by atoms with van der Waals surface area (Å²) in [5, 5.41) is 0. The maximum atomic E-state index is 12.7. The molecule has 12 heavy (non-hydrogen) atoms. The van der Waals surface area contributed by atoms with Gasteiger partial charge in [0.25, 0.3) is 0 Å². The predicted octanol–water partition coefficient (Wildman–Crippen LogP) is 2.23. The van der Waals surface area contributed by atoms with E-state index in [1.807, 2.05) is 0 Å². The Balaban J connectivity index is 3.99. The van der Waals surface area contributed by atoms with Crippen LogP contribution in [0.25, 0.3) is 0 Å². The number of carbonyl (C=O) groups excluding carboxylic acids is 1. The molecule has 0 aliphatic carbocycles. The van der Waals surface area contributed by atoms with Crippen LogP contribution in [-0.4, -0.2) is 19.0 Å². The first-order valence-electron chi connectivity index (χ1n) is 3.88. The molecule has 0 heterocycles. The fraction of sp³-hybridized carbons (Fsp3) is 0.875. The molecule has 4 heteroatoms. The van der Waals surface area contributed by atoms with Crippen molar-refractivity contribution in [2.45, 2.75) is 32.6 Å². The minimum atomic E-state index is -2.76. The highest BCUT2D eigenvalue weighted by atomic mass is 19.3. The van der Waals surface area contributed by atoms with Crippen LogP contribution in [0.4, 0.5) is 8.78 Å². The van der Waals surface area contributed by atoms with Crippen molar-refractivity contribution in [3.05, 3.63) is 0 Å². The van der Waals surface area contributed by atoms with Gasteiger partial charge < -0.3 is 4.74 Å². The van der Waals surface area contributed by atoms with Crippen molar-refractivity contribution in [3.63, 3.8) is 0 Å². The maximum Gasteiger partial charge on any atom is 0.308 e. The smallest absolute Gasteiger partial charge is 0.308 e. The SMILES string of the molecule is CCC(F)(F)C[C@@H](C)C(=O)OC. The monoisotopic (exact) mass is 180 g/mol. The van der Waals surface area contributed by atoms with Gasteiger partial charge in [-0.25, -0.2) is 8.78 Å². The average molecular weight is 180 g/mol. The maximum absolute atomic E-state index is 12.7. The Morgan fingerprint density at radius 1 is 1.58 bits per heavy atom. The second kappa shape index (κ2) is 4.38. The third-order valence-electron chi connectivity index (χ3n) is 1.73. The Labute approximate surface area is 70.9 Å². The molecule has 0 fully saturated rings. The van der Waals surface area contributed by atoms with Crippen LogP contribution in [0.3, 0.4) is 0 Å². The van der Waals surface area contributed by atoms with Gasteiger partial charge in [0.05, 0.1) is 13.0 Å². The summed E-state index contributed by atoms with van der Waals surface area (Å²) in [7, 11) is 1.20. The largest absolute Gasteiger partial charge is 0.469 e. The second-order valence-electron chi connectivity index (χ2n) is 2.84. The molecule has 0 aromatic carbocycles. The molecule has 2 nitrogen and oxygen atoms in total. The van der Waals surface area contributed by atoms with Gasteiger partial charge in [0.1, 0.15) is 0 Å². The van der Waals surface area contributed by atoms with Crippen LogP contribution >= 0.6 is 0 Å². The number of methoxy groups -OCH3 is 1. The normalized spacial score (nSPS) is 14.1. The van der Waals surface area contributed by atoms with Crippen molar-refractivity contribution in [3.8, 4) is 0 Å². The molecule has 0 radical (unpaired) electrons. The molecule has 0 aliphatic heterocycles. The van der Waals surface area contributed by atoms with Crippen molar-refractivity contribution >= 4 is 5.97 Å². The second-order valence-corrected chi connectivity index (χ2v) is 2.84. The molecule has 0 N–H and O–H groups in total. The van der Waals surface area contributed by atoms with Gasteiger partial charge in [-0.1, -0.05) is 13.8 Å². The lowest BCUT2D eigenvalue weighted by Crippen LogP contribution is -2.24. The molecule has 0 aliphatic rings. The fourth-order valence-corrected chi connectivity index (χ4v) is 0.877. The Kier molecular flexibility index (Phi) is 4.13. The van der Waals surface area contributed by atoms with Gasteiger partial charge in [-0.05, 0) is 0 Å². The van der Waals surface area contributed by atoms with Crippen LogP contribution in [0.15, 0.2) is 0 Å². The lowest BCUT2D eigenvalue weighted by Gasteiger charge is -2.17. The standard InChI is InChI=1S/C8H14F2O2/c1-4-8(9,10)5-6(2)7(11)12-3/h6H,4-5H2,1-3H3/t6-/m1/s1. The number of halogens is 2. The summed E-state index contributed by atoms with van der Waals surface area (Å²) >= 11 is 0. The molecular weight excluding hydrogens is 166 g/mol. The van der Waals surface area contributed by atoms with Gasteiger partial charge in [-0.2, -0.15) is 0 Å². The van der Waals surface area contributed by atoms with E-state index >= 15 is 0 Å². The van der Waals surface area contributed by atoms with Crippen LogP contribution in [0.1, 0.15) is 26.7 Å². The summed E-state index contributed by atoms with van der Waals surface area (Å²) in [6.07, 6.45) is -0.676. The van der Waals surface area contributed by atoms with Gasteiger partial charge in [-0.3, -0.25) is 4.79 Å². The van der Waals surface area contributed by atoms with Crippen LogP contribution in [0.5, 0.6) is 0 Å². The van der Waals surface area contributed by atoms with Gasteiger partial charge in [0.2, 0.25) is 5.92 Å². The molecule has 0 amide bonds. The molecule has 0 saturated heterocycles. The molecule has 0 bridgehead atoms. The Morgan fingerprint density at radius 3 is 2.42 bits per heavy atom. The van der Waals surface area contributed by atoms with E-state index in [9.17, 15) is 13.6 Å². The quantitative estimate of drug-likeness (QED) is 0.620. The van der Waals surface area contributed by atoms with Crippen LogP contribution < -0.4 is 0 Å². The van der Waals surface area contributed by atoms with E-state index in [1.54, 1.807) is 0 Å². The van der Waals surface area contributed by atoms with Crippen molar-refractivity contribution in [2.24, 2.45) is 5.92 Å². The third kappa shape index (κ3) is 3.64. The first-order chi connectivity index (χ1) is 5.43. The number of esters is 1. The Bertz CT molecular complexity index is 157. The van der Waals surface area contributed by atoms with Crippen molar-refractivity contribution in [1.29, 1.82) is 0 Å². The van der Waals surface area contributed by atoms with Crippen molar-refractivity contribution in [2.75, 3.05) is 7.11 Å². The van der Waals surface area contributed by atoms with E-state index < -0.39 is 24.2 Å². The predicted molar refractivity (Wildman–Crippen MR) is 41.0 cm³/mol. The first-order valence-corrected chi connectivity index (χ1v) is 3.88. The number of hydrogen-bond donors (Lipinski definition) is 0. The number of ether oxygens (including phenoxy) is 1. The molecule has 0 unspecified atom stereocenters. The van der Waals surface area contributed by atoms with Crippen LogP contribution in [0, 0.1) is 5.92 Å². The molecular formula is C8H14F2O2. The number of rotatable bonds is 4. The number of hydrogen-bond acceptors (Lipinski definition) is 2. The van der Waals surface area contributed by atoms with Crippen LogP contribution in [-0.2, 0) is 9.53 Å². The highest BCUT2D eigenvalue weighted by Crippen LogP contribution is 2.26. The number of carbonyl (C=O) groups is 1. The summed E-state index contributed by atoms with van der Waals surface area (Å²) in [6, 6.07) is 0. The topological polar surface area (TPSA) is 26.3 Å². The van der Waals surface area contributed by atoms with E-state index in [0.29, 0.717) is 0 Å². The third-order valence-corrected chi connectivity index (χ3v) is 1.73. The highest BCUT2D eigenvalue weighted by Gasteiger charge is 2.31. The summed E-state index contributed by atoms with van der Waals surface area (Å²) in [5.41, 5.74) is 0. The van der Waals surface area contributed by atoms with Crippen LogP contribution in [0.2, 0.25) is 0 Å². The Hall–Kier alpha value is -0.670. The first kappa shape index (κ1) is 11.3. The van der Waals surface area contributed by atoms with Crippen molar-refractivity contribution < 1.29 is 18.3 Å². The fourth-order valence-electron chi connectivity index (χ4n) is 0.877. The van der Waals surface area contributed by atoms with E-state index in [0.717, 1.165) is 0 Å². The minimum absolute atomic E-state index is 0.242. The molecule has 0 rings (SSSR count). The zero-order valence-corrected chi connectivity index (χ0v) is 7.56. The highest BCUT2D eigenvalue weighted by molar-refractivity contribution is 5.71. The lowest BCUT2D eigenvalue weighted by molar-refractivity contribution is -0.148. The van der Waals surface area contributed by atoms with Gasteiger partial charge in [0.15, 0.2) is 0 Å². The summed E-state index contributed by atoms with van der Waals surface area (Å²) < 4.78 is 29.7. The molecule has 0 aromatic heterocycles. The molecule has 0 spiro atoms. The zero-order chi connectivity index (χ0) is 9.78. The van der Waals surface area contributed by atoms with E-state index in [4.69, 9.17) is 0 Å². The summed E-state index contributed by atoms with van der Waals surface area (Å²) in [6.45, 7) is 2.83. The van der Waals surface area contributed by atoms with Gasteiger partial charge in [0, 0.05) is 12.8 Å². The van der Waals surface area contributed by atoms with E-state index in [2.05, 4.69) is 4.74 Å². The summed E-state index contributed by atoms with van der Waals surface area (Å²) in [5.74, 6) is -4.07. The zero-order valence-electron chi connectivity index (χ0n) is 7.56. The lowest BCUT2D eigenvalue weighted by atomic mass is 10.0. The molecule has 0 aromatic rings. The minimum Gasteiger partial charge on any atom is -0.469 e. The average Bonchev–Trinajstić information content (AvgIpc) is 2.02. The summed E-state index contributed by atoms with van der Waals surface area (Å²) in [4.78, 5) is 10.7. The van der Waals surface area contributed by atoms with Gasteiger partial charge >= 0.3 is 5.97 Å². The van der Waals surface area contributed by atoms with E-state index in [-0.39, 0.29) is 6.42 Å². The molecule has 0 saturated carbocycles. The van der Waals surface area contributed by atoms with Gasteiger partial charge in [-0.15, -0.1) is 0 Å². The molecule has 72 valence electrons.